The first-order valence-corrected chi connectivity index (χ1v) is 7.97. The Kier molecular flexibility index (Phi) is 5.26. The first kappa shape index (κ1) is 17.6. The minimum Gasteiger partial charge on any atom is -0.497 e. The largest absolute Gasteiger partial charge is 0.497 e. The Morgan fingerprint density at radius 2 is 1.81 bits per heavy atom. The number of ether oxygens (including phenoxy) is 2. The number of hydrogen-bond acceptors (Lipinski definition) is 6. The van der Waals surface area contributed by atoms with Gasteiger partial charge in [-0.25, -0.2) is 4.39 Å². The summed E-state index contributed by atoms with van der Waals surface area (Å²) in [7, 11) is 1.59. The SMILES string of the molecule is COc1ccc(-c2nnc([C@@H](C)OC(=O)Cc3ccc(F)cc3)o2)cc1. The summed E-state index contributed by atoms with van der Waals surface area (Å²) >= 11 is 0. The highest BCUT2D eigenvalue weighted by Gasteiger charge is 2.19. The predicted molar refractivity (Wildman–Crippen MR) is 90.9 cm³/mol. The van der Waals surface area contributed by atoms with Gasteiger partial charge in [0.05, 0.1) is 13.5 Å². The molecule has 0 aliphatic rings. The van der Waals surface area contributed by atoms with Crippen molar-refractivity contribution in [2.45, 2.75) is 19.4 Å². The Morgan fingerprint density at radius 3 is 2.46 bits per heavy atom. The van der Waals surface area contributed by atoms with E-state index in [0.717, 1.165) is 11.3 Å². The highest BCUT2D eigenvalue weighted by Crippen LogP contribution is 2.24. The molecule has 2 aromatic carbocycles. The van der Waals surface area contributed by atoms with E-state index in [9.17, 15) is 9.18 Å². The lowest BCUT2D eigenvalue weighted by Gasteiger charge is -2.09. The van der Waals surface area contributed by atoms with Crippen LogP contribution in [0.15, 0.2) is 52.9 Å². The number of halogens is 1. The topological polar surface area (TPSA) is 74.5 Å². The van der Waals surface area contributed by atoms with Gasteiger partial charge in [0.15, 0.2) is 6.10 Å². The Hall–Kier alpha value is -3.22. The fraction of sp³-hybridized carbons (Fsp3) is 0.211. The molecule has 134 valence electrons. The summed E-state index contributed by atoms with van der Waals surface area (Å²) in [6.45, 7) is 1.65. The van der Waals surface area contributed by atoms with Crippen molar-refractivity contribution in [1.29, 1.82) is 0 Å². The second-order valence-electron chi connectivity index (χ2n) is 5.61. The molecule has 1 heterocycles. The summed E-state index contributed by atoms with van der Waals surface area (Å²) in [5, 5.41) is 7.91. The molecule has 6 nitrogen and oxygen atoms in total. The van der Waals surface area contributed by atoms with Crippen LogP contribution in [-0.4, -0.2) is 23.3 Å². The van der Waals surface area contributed by atoms with E-state index < -0.39 is 12.1 Å². The van der Waals surface area contributed by atoms with Crippen molar-refractivity contribution in [3.05, 3.63) is 65.8 Å². The number of methoxy groups -OCH3 is 1. The molecule has 26 heavy (non-hydrogen) atoms. The van der Waals surface area contributed by atoms with Crippen molar-refractivity contribution < 1.29 is 23.1 Å². The van der Waals surface area contributed by atoms with Crippen LogP contribution in [0.5, 0.6) is 5.75 Å². The quantitative estimate of drug-likeness (QED) is 0.627. The van der Waals surface area contributed by atoms with Crippen LogP contribution < -0.4 is 4.74 Å². The van der Waals surface area contributed by atoms with E-state index in [4.69, 9.17) is 13.9 Å². The molecular formula is C19H17FN2O4. The van der Waals surface area contributed by atoms with Crippen LogP contribution in [0.1, 0.15) is 24.5 Å². The number of carbonyl (C=O) groups excluding carboxylic acids is 1. The molecule has 0 amide bonds. The Morgan fingerprint density at radius 1 is 1.12 bits per heavy atom. The van der Waals surface area contributed by atoms with Crippen LogP contribution in [0.4, 0.5) is 4.39 Å². The zero-order valence-corrected chi connectivity index (χ0v) is 14.3. The fourth-order valence-corrected chi connectivity index (χ4v) is 2.31. The van der Waals surface area contributed by atoms with Crippen LogP contribution in [0.25, 0.3) is 11.5 Å². The lowest BCUT2D eigenvalue weighted by atomic mass is 10.1. The molecule has 0 aliphatic carbocycles. The fourth-order valence-electron chi connectivity index (χ4n) is 2.31. The predicted octanol–water partition coefficient (Wildman–Crippen LogP) is 3.73. The minimum absolute atomic E-state index is 0.0318. The number of rotatable bonds is 6. The normalized spacial score (nSPS) is 11.8. The highest BCUT2D eigenvalue weighted by molar-refractivity contribution is 5.72. The molecule has 1 aromatic heterocycles. The van der Waals surface area contributed by atoms with Crippen molar-refractivity contribution in [2.75, 3.05) is 7.11 Å². The zero-order valence-electron chi connectivity index (χ0n) is 14.3. The monoisotopic (exact) mass is 356 g/mol. The maximum atomic E-state index is 12.9. The summed E-state index contributed by atoms with van der Waals surface area (Å²) < 4.78 is 28.9. The van der Waals surface area contributed by atoms with Gasteiger partial charge in [0, 0.05) is 5.56 Å². The Balaban J connectivity index is 1.62. The zero-order chi connectivity index (χ0) is 18.5. The van der Waals surface area contributed by atoms with E-state index in [-0.39, 0.29) is 18.1 Å². The summed E-state index contributed by atoms with van der Waals surface area (Å²) in [4.78, 5) is 12.0. The summed E-state index contributed by atoms with van der Waals surface area (Å²) in [5.41, 5.74) is 1.39. The van der Waals surface area contributed by atoms with Gasteiger partial charge in [0.1, 0.15) is 11.6 Å². The Bertz CT molecular complexity index is 875. The average molecular weight is 356 g/mol. The molecule has 7 heteroatoms. The van der Waals surface area contributed by atoms with Crippen LogP contribution in [-0.2, 0) is 16.0 Å². The number of aromatic nitrogens is 2. The summed E-state index contributed by atoms with van der Waals surface area (Å²) in [6.07, 6.45) is -0.660. The number of carbonyl (C=O) groups is 1. The van der Waals surface area contributed by atoms with Crippen LogP contribution in [0.2, 0.25) is 0 Å². The minimum atomic E-state index is -0.692. The van der Waals surface area contributed by atoms with Crippen LogP contribution in [0.3, 0.4) is 0 Å². The second kappa shape index (κ2) is 7.77. The molecule has 1 atom stereocenters. The van der Waals surface area contributed by atoms with Crippen LogP contribution in [0, 0.1) is 5.82 Å². The van der Waals surface area contributed by atoms with Gasteiger partial charge in [-0.2, -0.15) is 0 Å². The van der Waals surface area contributed by atoms with Crippen LogP contribution >= 0.6 is 0 Å². The van der Waals surface area contributed by atoms with Crippen molar-refractivity contribution in [2.24, 2.45) is 0 Å². The lowest BCUT2D eigenvalue weighted by Crippen LogP contribution is -2.11. The molecule has 0 aliphatic heterocycles. The van der Waals surface area contributed by atoms with Crippen molar-refractivity contribution in [3.63, 3.8) is 0 Å². The van der Waals surface area contributed by atoms with Gasteiger partial charge < -0.3 is 13.9 Å². The van der Waals surface area contributed by atoms with Crippen molar-refractivity contribution >= 4 is 5.97 Å². The summed E-state index contributed by atoms with van der Waals surface area (Å²) in [5.74, 6) is 0.421. The van der Waals surface area contributed by atoms with Crippen molar-refractivity contribution in [1.82, 2.24) is 10.2 Å². The van der Waals surface area contributed by atoms with E-state index in [2.05, 4.69) is 10.2 Å². The molecule has 0 spiro atoms. The van der Waals surface area contributed by atoms with Gasteiger partial charge in [0.2, 0.25) is 5.89 Å². The standard InChI is InChI=1S/C19H17FN2O4/c1-12(25-17(23)11-13-3-7-15(20)8-4-13)18-21-22-19(26-18)14-5-9-16(24-2)10-6-14/h3-10,12H,11H2,1-2H3/t12-/m1/s1. The van der Waals surface area contributed by atoms with Gasteiger partial charge in [0.25, 0.3) is 5.89 Å². The van der Waals surface area contributed by atoms with Gasteiger partial charge in [-0.1, -0.05) is 12.1 Å². The third-order valence-corrected chi connectivity index (χ3v) is 3.70. The van der Waals surface area contributed by atoms with Crippen molar-refractivity contribution in [3.8, 4) is 17.2 Å². The lowest BCUT2D eigenvalue weighted by molar-refractivity contribution is -0.148. The molecular weight excluding hydrogens is 339 g/mol. The molecule has 3 aromatic rings. The maximum Gasteiger partial charge on any atom is 0.311 e. The molecule has 0 bridgehead atoms. The molecule has 0 N–H and O–H groups in total. The van der Waals surface area contributed by atoms with E-state index in [0.29, 0.717) is 11.5 Å². The van der Waals surface area contributed by atoms with Gasteiger partial charge >= 0.3 is 5.97 Å². The van der Waals surface area contributed by atoms with Gasteiger partial charge in [-0.05, 0) is 48.9 Å². The first-order valence-electron chi connectivity index (χ1n) is 7.97. The van der Waals surface area contributed by atoms with Gasteiger partial charge in [-0.3, -0.25) is 4.79 Å². The molecule has 0 fully saturated rings. The van der Waals surface area contributed by atoms with E-state index >= 15 is 0 Å². The number of nitrogens with zero attached hydrogens (tertiary/aromatic N) is 2. The third kappa shape index (κ3) is 4.24. The molecule has 3 rings (SSSR count). The molecule has 0 radical (unpaired) electrons. The van der Waals surface area contributed by atoms with E-state index in [1.165, 1.54) is 24.3 Å². The molecule has 0 unspecified atom stereocenters. The van der Waals surface area contributed by atoms with E-state index in [1.54, 1.807) is 38.3 Å². The molecule has 0 saturated carbocycles. The number of hydrogen-bond donors (Lipinski definition) is 0. The second-order valence-corrected chi connectivity index (χ2v) is 5.61. The number of benzene rings is 2. The maximum absolute atomic E-state index is 12.9. The number of esters is 1. The average Bonchev–Trinajstić information content (AvgIpc) is 3.14. The Labute approximate surface area is 149 Å². The highest BCUT2D eigenvalue weighted by atomic mass is 19.1. The third-order valence-electron chi connectivity index (χ3n) is 3.70. The first-order chi connectivity index (χ1) is 12.5. The van der Waals surface area contributed by atoms with E-state index in [1.807, 2.05) is 0 Å². The smallest absolute Gasteiger partial charge is 0.311 e. The molecule has 0 saturated heterocycles. The summed E-state index contributed by atoms with van der Waals surface area (Å²) in [6, 6.07) is 12.8. The van der Waals surface area contributed by atoms with Gasteiger partial charge in [-0.15, -0.1) is 10.2 Å².